The van der Waals surface area contributed by atoms with Gasteiger partial charge in [0.05, 0.1) is 18.9 Å². The van der Waals surface area contributed by atoms with Gasteiger partial charge in [0.2, 0.25) is 0 Å². The summed E-state index contributed by atoms with van der Waals surface area (Å²) >= 11 is 0. The highest BCUT2D eigenvalue weighted by atomic mass is 19.1. The molecule has 0 aromatic carbocycles. The summed E-state index contributed by atoms with van der Waals surface area (Å²) in [6.07, 6.45) is 4.88. The van der Waals surface area contributed by atoms with Crippen LogP contribution in [-0.2, 0) is 4.74 Å². The maximum Gasteiger partial charge on any atom is 0.165 e. The second-order valence-corrected chi connectivity index (χ2v) is 5.18. The number of fused-ring (bicyclic) bond motifs is 1. The minimum absolute atomic E-state index is 0.170. The largest absolute Gasteiger partial charge is 0.382 e. The third-order valence-corrected chi connectivity index (χ3v) is 3.85. The van der Waals surface area contributed by atoms with Gasteiger partial charge in [0, 0.05) is 13.0 Å². The van der Waals surface area contributed by atoms with Gasteiger partial charge in [-0.05, 0) is 19.7 Å². The van der Waals surface area contributed by atoms with Crippen LogP contribution in [0, 0.1) is 0 Å². The molecule has 8 heteroatoms. The third kappa shape index (κ3) is 2.16. The van der Waals surface area contributed by atoms with Gasteiger partial charge in [-0.2, -0.15) is 0 Å². The van der Waals surface area contributed by atoms with Gasteiger partial charge in [0.1, 0.15) is 23.3 Å². The molecule has 1 aliphatic carbocycles. The highest BCUT2D eigenvalue weighted by Gasteiger charge is 2.44. The van der Waals surface area contributed by atoms with E-state index in [0.717, 1.165) is 0 Å². The number of imidazole rings is 1. The molecule has 1 aliphatic rings. The maximum atomic E-state index is 14.5. The predicted octanol–water partition coefficient (Wildman–Crippen LogP) is 1.68. The van der Waals surface area contributed by atoms with E-state index in [1.54, 1.807) is 10.9 Å². The molecule has 2 aromatic heterocycles. The zero-order valence-corrected chi connectivity index (χ0v) is 12.2. The number of anilines is 1. The highest BCUT2D eigenvalue weighted by Crippen LogP contribution is 2.41. The molecule has 0 unspecified atom stereocenters. The van der Waals surface area contributed by atoms with Crippen molar-refractivity contribution >= 4 is 23.7 Å². The van der Waals surface area contributed by atoms with Crippen molar-refractivity contribution in [2.24, 2.45) is 4.99 Å². The number of allylic oxidation sites excluding steroid dienone is 1. The van der Waals surface area contributed by atoms with Gasteiger partial charge < -0.3 is 15.0 Å². The number of aromatic nitrogens is 4. The summed E-state index contributed by atoms with van der Waals surface area (Å²) < 4.78 is 21.9. The Morgan fingerprint density at radius 3 is 3.09 bits per heavy atom. The topological polar surface area (TPSA) is 91.2 Å². The summed E-state index contributed by atoms with van der Waals surface area (Å²) in [5.74, 6) is -0.0364. The van der Waals surface area contributed by atoms with Gasteiger partial charge in [0.25, 0.3) is 0 Å². The number of hydrogen-bond acceptors (Lipinski definition) is 6. The highest BCUT2D eigenvalue weighted by molar-refractivity contribution is 5.81. The fraction of sp³-hybridized carbons (Fsp3) is 0.429. The van der Waals surface area contributed by atoms with Gasteiger partial charge in [-0.3, -0.25) is 4.99 Å². The smallest absolute Gasteiger partial charge is 0.165 e. The lowest BCUT2D eigenvalue weighted by Gasteiger charge is -2.27. The predicted molar refractivity (Wildman–Crippen MR) is 81.4 cm³/mol. The number of rotatable bonds is 5. The Bertz CT molecular complexity index is 742. The van der Waals surface area contributed by atoms with E-state index in [0.29, 0.717) is 30.0 Å². The standard InChI is InChI=1S/C14H17FN6O/c1-3-22-14(6-17-2)5-9(4-10(14)15)21-8-20-11-12(16)18-7-19-13(11)21/h4,7-9H,2-3,5-6H2,1H3,(H2,16,18,19)/t9-,14+/m0/s1. The first-order chi connectivity index (χ1) is 10.6. The van der Waals surface area contributed by atoms with Gasteiger partial charge in [0.15, 0.2) is 11.5 Å². The van der Waals surface area contributed by atoms with E-state index in [1.165, 1.54) is 12.4 Å². The molecule has 2 atom stereocenters. The molecule has 0 fully saturated rings. The third-order valence-electron chi connectivity index (χ3n) is 3.85. The van der Waals surface area contributed by atoms with Crippen LogP contribution in [0.25, 0.3) is 11.2 Å². The van der Waals surface area contributed by atoms with E-state index in [-0.39, 0.29) is 18.4 Å². The van der Waals surface area contributed by atoms with E-state index < -0.39 is 5.60 Å². The molecular formula is C14H17FN6O. The van der Waals surface area contributed by atoms with Crippen LogP contribution in [0.3, 0.4) is 0 Å². The number of nitrogen functional groups attached to an aromatic ring is 1. The Labute approximate surface area is 126 Å². The SMILES string of the molecule is C=NC[C@]1(OCC)C[C@@H](n2cnc3c(N)ncnc32)C=C1F. The van der Waals surface area contributed by atoms with E-state index in [2.05, 4.69) is 26.7 Å². The zero-order chi connectivity index (χ0) is 15.7. The number of hydrogen-bond donors (Lipinski definition) is 1. The van der Waals surface area contributed by atoms with Gasteiger partial charge in [-0.15, -0.1) is 0 Å². The molecule has 3 rings (SSSR count). The van der Waals surface area contributed by atoms with Gasteiger partial charge in [-0.25, -0.2) is 19.3 Å². The lowest BCUT2D eigenvalue weighted by atomic mass is 10.0. The Balaban J connectivity index is 2.00. The van der Waals surface area contributed by atoms with Crippen LogP contribution in [0.2, 0.25) is 0 Å². The molecule has 0 radical (unpaired) electrons. The monoisotopic (exact) mass is 304 g/mol. The summed E-state index contributed by atoms with van der Waals surface area (Å²) in [7, 11) is 0. The zero-order valence-electron chi connectivity index (χ0n) is 12.2. The fourth-order valence-electron chi connectivity index (χ4n) is 2.88. The molecule has 0 saturated carbocycles. The van der Waals surface area contributed by atoms with E-state index in [9.17, 15) is 4.39 Å². The van der Waals surface area contributed by atoms with Crippen molar-refractivity contribution in [3.8, 4) is 0 Å². The fourth-order valence-corrected chi connectivity index (χ4v) is 2.88. The van der Waals surface area contributed by atoms with Crippen LogP contribution in [0.5, 0.6) is 0 Å². The minimum Gasteiger partial charge on any atom is -0.382 e. The average molecular weight is 304 g/mol. The Morgan fingerprint density at radius 2 is 2.36 bits per heavy atom. The van der Waals surface area contributed by atoms with E-state index >= 15 is 0 Å². The Hall–Kier alpha value is -2.35. The minimum atomic E-state index is -1.06. The molecule has 0 amide bonds. The molecule has 22 heavy (non-hydrogen) atoms. The van der Waals surface area contributed by atoms with Crippen LogP contribution in [0.15, 0.2) is 29.5 Å². The number of nitrogens with zero attached hydrogens (tertiary/aromatic N) is 5. The lowest BCUT2D eigenvalue weighted by molar-refractivity contribution is -0.0202. The molecule has 0 aliphatic heterocycles. The normalized spacial score (nSPS) is 24.6. The molecule has 0 bridgehead atoms. The molecule has 0 saturated heterocycles. The summed E-state index contributed by atoms with van der Waals surface area (Å²) in [4.78, 5) is 16.1. The number of nitrogens with two attached hydrogens (primary N) is 1. The first-order valence-corrected chi connectivity index (χ1v) is 6.98. The molecule has 7 nitrogen and oxygen atoms in total. The summed E-state index contributed by atoms with van der Waals surface area (Å²) in [6.45, 7) is 5.84. The van der Waals surface area contributed by atoms with Gasteiger partial charge >= 0.3 is 0 Å². The number of aliphatic imine (C=N–C) groups is 1. The van der Waals surface area contributed by atoms with Crippen LogP contribution < -0.4 is 5.73 Å². The maximum absolute atomic E-state index is 14.5. The summed E-state index contributed by atoms with van der Waals surface area (Å²) in [5.41, 5.74) is 5.80. The van der Waals surface area contributed by atoms with Crippen LogP contribution in [0.1, 0.15) is 19.4 Å². The second-order valence-electron chi connectivity index (χ2n) is 5.18. The average Bonchev–Trinajstić information content (AvgIpc) is 3.04. The lowest BCUT2D eigenvalue weighted by Crippen LogP contribution is -2.35. The summed E-state index contributed by atoms with van der Waals surface area (Å²) in [5, 5.41) is 0. The van der Waals surface area contributed by atoms with Crippen LogP contribution >= 0.6 is 0 Å². The number of halogens is 1. The second kappa shape index (κ2) is 5.45. The molecule has 2 N–H and O–H groups in total. The Morgan fingerprint density at radius 1 is 1.55 bits per heavy atom. The number of ether oxygens (including phenoxy) is 1. The van der Waals surface area contributed by atoms with Crippen LogP contribution in [-0.4, -0.2) is 45.0 Å². The van der Waals surface area contributed by atoms with Crippen molar-refractivity contribution in [3.05, 3.63) is 24.6 Å². The first kappa shape index (κ1) is 14.6. The quantitative estimate of drug-likeness (QED) is 0.849. The van der Waals surface area contributed by atoms with Crippen LogP contribution in [0.4, 0.5) is 10.2 Å². The van der Waals surface area contributed by atoms with Crippen molar-refractivity contribution < 1.29 is 9.13 Å². The van der Waals surface area contributed by atoms with Gasteiger partial charge in [-0.1, -0.05) is 0 Å². The van der Waals surface area contributed by atoms with Crippen molar-refractivity contribution in [3.63, 3.8) is 0 Å². The van der Waals surface area contributed by atoms with Crippen molar-refractivity contribution in [1.29, 1.82) is 0 Å². The summed E-state index contributed by atoms with van der Waals surface area (Å²) in [6, 6.07) is -0.271. The molecule has 2 aromatic rings. The van der Waals surface area contributed by atoms with Crippen molar-refractivity contribution in [2.45, 2.75) is 25.0 Å². The molecular weight excluding hydrogens is 287 g/mol. The molecule has 0 spiro atoms. The van der Waals surface area contributed by atoms with Crippen molar-refractivity contribution in [2.75, 3.05) is 18.9 Å². The Kier molecular flexibility index (Phi) is 3.61. The van der Waals surface area contributed by atoms with E-state index in [4.69, 9.17) is 10.5 Å². The molecule has 2 heterocycles. The van der Waals surface area contributed by atoms with E-state index in [1.807, 2.05) is 6.92 Å². The van der Waals surface area contributed by atoms with Crippen molar-refractivity contribution in [1.82, 2.24) is 19.5 Å². The molecule has 116 valence electrons. The first-order valence-electron chi connectivity index (χ1n) is 6.98.